The van der Waals surface area contributed by atoms with Gasteiger partial charge in [-0.1, -0.05) is 13.3 Å². The Labute approximate surface area is 69.8 Å². The fourth-order valence-electron chi connectivity index (χ4n) is 2.74. The van der Waals surface area contributed by atoms with E-state index in [0.717, 1.165) is 12.0 Å². The molecular formula is C10H19N. The molecule has 0 spiro atoms. The van der Waals surface area contributed by atoms with Crippen LogP contribution in [-0.4, -0.2) is 24.0 Å². The summed E-state index contributed by atoms with van der Waals surface area (Å²) in [5, 5.41) is 0. The van der Waals surface area contributed by atoms with Crippen molar-refractivity contribution >= 4 is 0 Å². The van der Waals surface area contributed by atoms with E-state index < -0.39 is 0 Å². The lowest BCUT2D eigenvalue weighted by atomic mass is 10.1. The van der Waals surface area contributed by atoms with Crippen molar-refractivity contribution in [3.63, 3.8) is 0 Å². The number of likely N-dealkylation sites (tertiary alicyclic amines) is 1. The van der Waals surface area contributed by atoms with Crippen LogP contribution in [0.3, 0.4) is 0 Å². The zero-order valence-electron chi connectivity index (χ0n) is 7.55. The SMILES string of the molecule is CC1CCCC1N1CCCC1. The fraction of sp³-hybridized carbons (Fsp3) is 1.00. The van der Waals surface area contributed by atoms with Crippen LogP contribution in [0, 0.1) is 5.92 Å². The minimum Gasteiger partial charge on any atom is -0.300 e. The van der Waals surface area contributed by atoms with Gasteiger partial charge < -0.3 is 4.90 Å². The maximum atomic E-state index is 2.72. The van der Waals surface area contributed by atoms with E-state index in [0.29, 0.717) is 0 Å². The summed E-state index contributed by atoms with van der Waals surface area (Å²) in [7, 11) is 0. The average molecular weight is 153 g/mol. The maximum absolute atomic E-state index is 2.72. The van der Waals surface area contributed by atoms with E-state index >= 15 is 0 Å². The summed E-state index contributed by atoms with van der Waals surface area (Å²) >= 11 is 0. The molecule has 2 rings (SSSR count). The molecule has 2 atom stereocenters. The molecule has 2 aliphatic rings. The van der Waals surface area contributed by atoms with E-state index in [-0.39, 0.29) is 0 Å². The molecular weight excluding hydrogens is 134 g/mol. The molecule has 0 aromatic heterocycles. The smallest absolute Gasteiger partial charge is 0.0121 e. The highest BCUT2D eigenvalue weighted by Crippen LogP contribution is 2.31. The third kappa shape index (κ3) is 1.44. The molecule has 1 aliphatic heterocycles. The Morgan fingerprint density at radius 1 is 1.00 bits per heavy atom. The molecule has 0 N–H and O–H groups in total. The summed E-state index contributed by atoms with van der Waals surface area (Å²) in [4.78, 5) is 2.72. The van der Waals surface area contributed by atoms with Gasteiger partial charge in [-0.05, 0) is 44.7 Å². The van der Waals surface area contributed by atoms with Gasteiger partial charge in [0.05, 0.1) is 0 Å². The van der Waals surface area contributed by atoms with Gasteiger partial charge in [-0.2, -0.15) is 0 Å². The molecule has 0 aromatic rings. The van der Waals surface area contributed by atoms with Crippen LogP contribution >= 0.6 is 0 Å². The van der Waals surface area contributed by atoms with Crippen LogP contribution in [0.2, 0.25) is 0 Å². The Balaban J connectivity index is 1.92. The Kier molecular flexibility index (Phi) is 2.17. The fourth-order valence-corrected chi connectivity index (χ4v) is 2.74. The Morgan fingerprint density at radius 3 is 2.27 bits per heavy atom. The van der Waals surface area contributed by atoms with E-state index in [1.165, 1.54) is 45.2 Å². The van der Waals surface area contributed by atoms with Crippen LogP contribution < -0.4 is 0 Å². The normalized spacial score (nSPS) is 40.1. The first-order valence-corrected chi connectivity index (χ1v) is 5.12. The number of nitrogens with zero attached hydrogens (tertiary/aromatic N) is 1. The van der Waals surface area contributed by atoms with Gasteiger partial charge in [-0.25, -0.2) is 0 Å². The van der Waals surface area contributed by atoms with E-state index in [2.05, 4.69) is 11.8 Å². The van der Waals surface area contributed by atoms with E-state index in [4.69, 9.17) is 0 Å². The molecule has 1 heteroatoms. The van der Waals surface area contributed by atoms with Gasteiger partial charge >= 0.3 is 0 Å². The standard InChI is InChI=1S/C10H19N/c1-9-5-4-6-10(9)11-7-2-3-8-11/h9-10H,2-8H2,1H3. The second kappa shape index (κ2) is 3.14. The molecule has 1 saturated carbocycles. The summed E-state index contributed by atoms with van der Waals surface area (Å²) in [5.74, 6) is 0.980. The number of hydrogen-bond acceptors (Lipinski definition) is 1. The molecule has 1 nitrogen and oxygen atoms in total. The molecule has 64 valence electrons. The predicted octanol–water partition coefficient (Wildman–Crippen LogP) is 2.27. The molecule has 1 heterocycles. The van der Waals surface area contributed by atoms with Crippen LogP contribution in [0.5, 0.6) is 0 Å². The third-order valence-electron chi connectivity index (χ3n) is 3.43. The second-order valence-electron chi connectivity index (χ2n) is 4.22. The first-order valence-electron chi connectivity index (χ1n) is 5.12. The van der Waals surface area contributed by atoms with Gasteiger partial charge in [0.2, 0.25) is 0 Å². The molecule has 1 saturated heterocycles. The van der Waals surface area contributed by atoms with E-state index in [1.807, 2.05) is 0 Å². The van der Waals surface area contributed by atoms with Gasteiger partial charge in [-0.15, -0.1) is 0 Å². The minimum atomic E-state index is 0.956. The number of rotatable bonds is 1. The van der Waals surface area contributed by atoms with Gasteiger partial charge in [0.15, 0.2) is 0 Å². The van der Waals surface area contributed by atoms with Crippen molar-refractivity contribution < 1.29 is 0 Å². The van der Waals surface area contributed by atoms with Crippen LogP contribution in [0.25, 0.3) is 0 Å². The highest BCUT2D eigenvalue weighted by molar-refractivity contribution is 4.84. The quantitative estimate of drug-likeness (QED) is 0.558. The minimum absolute atomic E-state index is 0.956. The highest BCUT2D eigenvalue weighted by atomic mass is 15.2. The molecule has 0 radical (unpaired) electrons. The van der Waals surface area contributed by atoms with Gasteiger partial charge in [-0.3, -0.25) is 0 Å². The molecule has 2 fully saturated rings. The lowest BCUT2D eigenvalue weighted by molar-refractivity contribution is 0.206. The van der Waals surface area contributed by atoms with Crippen molar-refractivity contribution in [2.24, 2.45) is 5.92 Å². The molecule has 1 aliphatic carbocycles. The first-order chi connectivity index (χ1) is 5.38. The lowest BCUT2D eigenvalue weighted by Gasteiger charge is -2.26. The van der Waals surface area contributed by atoms with Gasteiger partial charge in [0.1, 0.15) is 0 Å². The molecule has 0 bridgehead atoms. The topological polar surface area (TPSA) is 3.24 Å². The zero-order chi connectivity index (χ0) is 7.68. The molecule has 0 aromatic carbocycles. The zero-order valence-corrected chi connectivity index (χ0v) is 7.55. The summed E-state index contributed by atoms with van der Waals surface area (Å²) < 4.78 is 0. The van der Waals surface area contributed by atoms with Crippen molar-refractivity contribution in [1.82, 2.24) is 4.90 Å². The summed E-state index contributed by atoms with van der Waals surface area (Å²) in [6.07, 6.45) is 7.32. The second-order valence-corrected chi connectivity index (χ2v) is 4.22. The molecule has 11 heavy (non-hydrogen) atoms. The largest absolute Gasteiger partial charge is 0.300 e. The van der Waals surface area contributed by atoms with Crippen molar-refractivity contribution in [3.05, 3.63) is 0 Å². The van der Waals surface area contributed by atoms with Crippen molar-refractivity contribution in [1.29, 1.82) is 0 Å². The van der Waals surface area contributed by atoms with Crippen LogP contribution in [-0.2, 0) is 0 Å². The lowest BCUT2D eigenvalue weighted by Crippen LogP contribution is -2.34. The first kappa shape index (κ1) is 7.60. The summed E-state index contributed by atoms with van der Waals surface area (Å²) in [6.45, 7) is 5.19. The Bertz CT molecular complexity index is 127. The molecule has 2 unspecified atom stereocenters. The summed E-state index contributed by atoms with van der Waals surface area (Å²) in [5.41, 5.74) is 0. The monoisotopic (exact) mass is 153 g/mol. The van der Waals surface area contributed by atoms with Crippen LogP contribution in [0.4, 0.5) is 0 Å². The Morgan fingerprint density at radius 2 is 1.73 bits per heavy atom. The van der Waals surface area contributed by atoms with Gasteiger partial charge in [0.25, 0.3) is 0 Å². The predicted molar refractivity (Wildman–Crippen MR) is 47.6 cm³/mol. The maximum Gasteiger partial charge on any atom is 0.0121 e. The highest BCUT2D eigenvalue weighted by Gasteiger charge is 2.29. The number of hydrogen-bond donors (Lipinski definition) is 0. The van der Waals surface area contributed by atoms with Crippen LogP contribution in [0.1, 0.15) is 39.0 Å². The van der Waals surface area contributed by atoms with Crippen molar-refractivity contribution in [2.45, 2.75) is 45.1 Å². The summed E-state index contributed by atoms with van der Waals surface area (Å²) in [6, 6.07) is 0.956. The van der Waals surface area contributed by atoms with Crippen molar-refractivity contribution in [2.75, 3.05) is 13.1 Å². The van der Waals surface area contributed by atoms with E-state index in [1.54, 1.807) is 0 Å². The van der Waals surface area contributed by atoms with Gasteiger partial charge in [0, 0.05) is 6.04 Å². The van der Waals surface area contributed by atoms with Crippen molar-refractivity contribution in [3.8, 4) is 0 Å². The Hall–Kier alpha value is -0.0400. The van der Waals surface area contributed by atoms with Crippen LogP contribution in [0.15, 0.2) is 0 Å². The average Bonchev–Trinajstić information content (AvgIpc) is 2.55. The molecule has 0 amide bonds. The van der Waals surface area contributed by atoms with E-state index in [9.17, 15) is 0 Å². The third-order valence-corrected chi connectivity index (χ3v) is 3.43.